The van der Waals surface area contributed by atoms with Crippen molar-refractivity contribution in [3.8, 4) is 11.5 Å². The van der Waals surface area contributed by atoms with Crippen LogP contribution < -0.4 is 25.0 Å². The van der Waals surface area contributed by atoms with Gasteiger partial charge in [0, 0.05) is 0 Å². The van der Waals surface area contributed by atoms with Gasteiger partial charge in [0.15, 0.2) is 18.1 Å². The molecule has 2 N–H and O–H groups in total. The van der Waals surface area contributed by atoms with E-state index >= 15 is 0 Å². The average molecular weight is 566 g/mol. The Kier molecular flexibility index (Phi) is 8.49. The van der Waals surface area contributed by atoms with Crippen LogP contribution in [0.3, 0.4) is 0 Å². The number of nitrogens with one attached hydrogen (secondary N) is 2. The fourth-order valence-corrected chi connectivity index (χ4v) is 4.16. The summed E-state index contributed by atoms with van der Waals surface area (Å²) in [6.07, 6.45) is 1.28. The van der Waals surface area contributed by atoms with E-state index < -0.39 is 36.2 Å². The molecule has 11 heteroatoms. The quantitative estimate of drug-likeness (QED) is 0.287. The van der Waals surface area contributed by atoms with Gasteiger partial charge in [0.05, 0.1) is 23.0 Å². The Morgan fingerprint density at radius 2 is 1.80 bits per heavy atom. The topological polar surface area (TPSA) is 114 Å². The fraction of sp³-hybridized carbons (Fsp3) is 0.172. The van der Waals surface area contributed by atoms with Crippen LogP contribution in [0.5, 0.6) is 11.5 Å². The third kappa shape index (κ3) is 6.13. The molecule has 3 aromatic rings. The lowest BCUT2D eigenvalue weighted by molar-refractivity contribution is -0.122. The van der Waals surface area contributed by atoms with Gasteiger partial charge >= 0.3 is 6.03 Å². The molecule has 206 valence electrons. The first-order chi connectivity index (χ1) is 19.1. The number of amides is 5. The molecule has 0 spiro atoms. The molecule has 0 radical (unpaired) electrons. The lowest BCUT2D eigenvalue weighted by atomic mass is 10.0. The number of aryl methyl sites for hydroxylation is 2. The molecule has 0 aromatic heterocycles. The maximum Gasteiger partial charge on any atom is 0.335 e. The first kappa shape index (κ1) is 28.3. The van der Waals surface area contributed by atoms with E-state index in [4.69, 9.17) is 21.1 Å². The molecule has 1 heterocycles. The Labute approximate surface area is 234 Å². The number of para-hydroxylation sites is 1. The zero-order valence-corrected chi connectivity index (χ0v) is 22.6. The molecule has 40 heavy (non-hydrogen) atoms. The van der Waals surface area contributed by atoms with Gasteiger partial charge in [0.1, 0.15) is 11.4 Å². The van der Waals surface area contributed by atoms with E-state index in [9.17, 15) is 23.6 Å². The first-order valence-corrected chi connectivity index (χ1v) is 12.6. The second-order valence-electron chi connectivity index (χ2n) is 8.81. The summed E-state index contributed by atoms with van der Waals surface area (Å²) < 4.78 is 25.0. The summed E-state index contributed by atoms with van der Waals surface area (Å²) in [6.45, 7) is 5.18. The van der Waals surface area contributed by atoms with Gasteiger partial charge < -0.3 is 14.8 Å². The number of carbonyl (C=O) groups is 4. The van der Waals surface area contributed by atoms with E-state index in [1.54, 1.807) is 31.2 Å². The largest absolute Gasteiger partial charge is 0.490 e. The number of ether oxygens (including phenoxy) is 2. The van der Waals surface area contributed by atoms with Crippen LogP contribution in [-0.2, 0) is 14.4 Å². The molecule has 0 atom stereocenters. The first-order valence-electron chi connectivity index (χ1n) is 12.2. The van der Waals surface area contributed by atoms with Crippen LogP contribution in [0, 0.1) is 19.7 Å². The minimum absolute atomic E-state index is 0.00190. The number of rotatable bonds is 8. The van der Waals surface area contributed by atoms with Gasteiger partial charge in [0.2, 0.25) is 0 Å². The number of halogens is 2. The van der Waals surface area contributed by atoms with Crippen LogP contribution in [0.2, 0.25) is 5.02 Å². The van der Waals surface area contributed by atoms with E-state index in [1.165, 1.54) is 36.4 Å². The van der Waals surface area contributed by atoms with Crippen molar-refractivity contribution >= 4 is 52.8 Å². The monoisotopic (exact) mass is 565 g/mol. The van der Waals surface area contributed by atoms with Crippen LogP contribution in [0.4, 0.5) is 20.6 Å². The zero-order valence-electron chi connectivity index (χ0n) is 21.8. The molecule has 4 rings (SSSR count). The molecule has 0 saturated carbocycles. The van der Waals surface area contributed by atoms with Crippen LogP contribution in [0.25, 0.3) is 6.08 Å². The van der Waals surface area contributed by atoms with Crippen LogP contribution >= 0.6 is 11.6 Å². The predicted molar refractivity (Wildman–Crippen MR) is 148 cm³/mol. The van der Waals surface area contributed by atoms with Gasteiger partial charge in [-0.25, -0.2) is 14.1 Å². The molecule has 0 bridgehead atoms. The second kappa shape index (κ2) is 12.0. The normalized spacial score (nSPS) is 14.3. The Hall–Kier alpha value is -4.70. The third-order valence-electron chi connectivity index (χ3n) is 5.99. The molecule has 1 fully saturated rings. The van der Waals surface area contributed by atoms with E-state index in [0.29, 0.717) is 11.3 Å². The highest BCUT2D eigenvalue weighted by molar-refractivity contribution is 6.39. The summed E-state index contributed by atoms with van der Waals surface area (Å²) in [6, 6.07) is 12.8. The standard InChI is InChI=1S/C29H25ClFN3O6/c1-4-39-24-14-18(13-21(30)26(24)40-15-25(35)32-23-8-6-5-7-22(23)31)12-20-27(36)33-29(38)34(28(20)37)19-10-9-16(2)17(3)11-19/h5-14H,4,15H2,1-3H3,(H,32,35)(H,33,36,38)/b20-12-. The maximum absolute atomic E-state index is 13.8. The zero-order chi connectivity index (χ0) is 29.0. The predicted octanol–water partition coefficient (Wildman–Crippen LogP) is 5.18. The molecule has 3 aromatic carbocycles. The highest BCUT2D eigenvalue weighted by Crippen LogP contribution is 2.37. The Balaban J connectivity index is 1.59. The summed E-state index contributed by atoms with van der Waals surface area (Å²) in [4.78, 5) is 51.7. The highest BCUT2D eigenvalue weighted by Gasteiger charge is 2.37. The fourth-order valence-electron chi connectivity index (χ4n) is 3.88. The number of barbiturate groups is 1. The van der Waals surface area contributed by atoms with Gasteiger partial charge in [-0.15, -0.1) is 0 Å². The summed E-state index contributed by atoms with van der Waals surface area (Å²) in [5.41, 5.74) is 2.17. The number of nitrogens with zero attached hydrogens (tertiary/aromatic N) is 1. The summed E-state index contributed by atoms with van der Waals surface area (Å²) in [5, 5.41) is 4.62. The smallest absolute Gasteiger partial charge is 0.335 e. The van der Waals surface area contributed by atoms with Crippen molar-refractivity contribution in [1.82, 2.24) is 5.32 Å². The minimum Gasteiger partial charge on any atom is -0.490 e. The molecular formula is C29H25ClFN3O6. The Bertz CT molecular complexity index is 1550. The number of benzene rings is 3. The molecule has 5 amide bonds. The van der Waals surface area contributed by atoms with E-state index in [1.807, 2.05) is 13.8 Å². The van der Waals surface area contributed by atoms with Crippen LogP contribution in [-0.4, -0.2) is 37.0 Å². The maximum atomic E-state index is 13.8. The van der Waals surface area contributed by atoms with Crippen molar-refractivity contribution < 1.29 is 33.0 Å². The van der Waals surface area contributed by atoms with Crippen molar-refractivity contribution in [3.05, 3.63) is 87.7 Å². The van der Waals surface area contributed by atoms with Crippen LogP contribution in [0.15, 0.2) is 60.2 Å². The third-order valence-corrected chi connectivity index (χ3v) is 6.27. The van der Waals surface area contributed by atoms with Crippen LogP contribution in [0.1, 0.15) is 23.6 Å². The summed E-state index contributed by atoms with van der Waals surface area (Å²) >= 11 is 6.43. The second-order valence-corrected chi connectivity index (χ2v) is 9.21. The number of carbonyl (C=O) groups excluding carboxylic acids is 4. The van der Waals surface area contributed by atoms with Crippen molar-refractivity contribution in [2.45, 2.75) is 20.8 Å². The minimum atomic E-state index is -0.866. The summed E-state index contributed by atoms with van der Waals surface area (Å²) in [7, 11) is 0. The van der Waals surface area contributed by atoms with E-state index in [0.717, 1.165) is 16.0 Å². The molecule has 1 aliphatic heterocycles. The van der Waals surface area contributed by atoms with Crippen molar-refractivity contribution in [2.24, 2.45) is 0 Å². The van der Waals surface area contributed by atoms with Gasteiger partial charge in [-0.05, 0) is 79.9 Å². The van der Waals surface area contributed by atoms with E-state index in [-0.39, 0.29) is 34.4 Å². The number of imide groups is 2. The Morgan fingerprint density at radius 3 is 2.50 bits per heavy atom. The van der Waals surface area contributed by atoms with Gasteiger partial charge in [-0.3, -0.25) is 19.7 Å². The van der Waals surface area contributed by atoms with E-state index in [2.05, 4.69) is 10.6 Å². The number of urea groups is 1. The van der Waals surface area contributed by atoms with Crippen molar-refractivity contribution in [2.75, 3.05) is 23.4 Å². The van der Waals surface area contributed by atoms with Gasteiger partial charge in [-0.2, -0.15) is 0 Å². The van der Waals surface area contributed by atoms with Gasteiger partial charge in [0.25, 0.3) is 17.7 Å². The number of anilines is 2. The molecule has 9 nitrogen and oxygen atoms in total. The number of hydrogen-bond acceptors (Lipinski definition) is 6. The van der Waals surface area contributed by atoms with Crippen molar-refractivity contribution in [3.63, 3.8) is 0 Å². The molecule has 1 saturated heterocycles. The molecular weight excluding hydrogens is 541 g/mol. The number of hydrogen-bond donors (Lipinski definition) is 2. The average Bonchev–Trinajstić information content (AvgIpc) is 2.89. The lowest BCUT2D eigenvalue weighted by Gasteiger charge is -2.27. The summed E-state index contributed by atoms with van der Waals surface area (Å²) in [5.74, 6) is -2.71. The molecule has 1 aliphatic rings. The molecule has 0 aliphatic carbocycles. The van der Waals surface area contributed by atoms with Crippen molar-refractivity contribution in [1.29, 1.82) is 0 Å². The highest BCUT2D eigenvalue weighted by atomic mass is 35.5. The lowest BCUT2D eigenvalue weighted by Crippen LogP contribution is -2.54. The Morgan fingerprint density at radius 1 is 1.05 bits per heavy atom. The molecule has 0 unspecified atom stereocenters. The SMILES string of the molecule is CCOc1cc(/C=C2/C(=O)NC(=O)N(c3ccc(C)c(C)c3)C2=O)cc(Cl)c1OCC(=O)Nc1ccccc1F. The van der Waals surface area contributed by atoms with Gasteiger partial charge in [-0.1, -0.05) is 29.8 Å².